The van der Waals surface area contributed by atoms with Crippen molar-refractivity contribution < 1.29 is 4.74 Å². The molecule has 1 aliphatic rings. The van der Waals surface area contributed by atoms with Gasteiger partial charge in [-0.3, -0.25) is 0 Å². The molecule has 3 heterocycles. The Morgan fingerprint density at radius 1 is 1.25 bits per heavy atom. The highest BCUT2D eigenvalue weighted by Crippen LogP contribution is 2.19. The normalized spacial score (nSPS) is 20.5. The van der Waals surface area contributed by atoms with E-state index in [9.17, 15) is 0 Å². The van der Waals surface area contributed by atoms with Gasteiger partial charge in [0.25, 0.3) is 0 Å². The lowest BCUT2D eigenvalue weighted by Gasteiger charge is -2.18. The monoisotopic (exact) mass is 324 g/mol. The Hall–Kier alpha value is -2.51. The van der Waals surface area contributed by atoms with Crippen LogP contribution in [0.3, 0.4) is 0 Å². The first kappa shape index (κ1) is 15.0. The number of nitrogens with one attached hydrogen (secondary N) is 1. The topological polar surface area (TPSA) is 69.8 Å². The summed E-state index contributed by atoms with van der Waals surface area (Å²) in [6, 6.07) is 10.5. The fraction of sp³-hybridized carbons (Fsp3) is 0.353. The molecular weight excluding hydrogens is 304 g/mol. The van der Waals surface area contributed by atoms with E-state index in [0.29, 0.717) is 13.2 Å². The van der Waals surface area contributed by atoms with Crippen LogP contribution in [-0.4, -0.2) is 44.0 Å². The van der Waals surface area contributed by atoms with E-state index >= 15 is 0 Å². The number of hydrogen-bond acceptors (Lipinski definition) is 5. The third-order valence-electron chi connectivity index (χ3n) is 4.41. The van der Waals surface area contributed by atoms with Gasteiger partial charge in [0.1, 0.15) is 0 Å². The standard InChI is InChI=1S/C17H20N6O/c1-13-14(10-23(20-13)15-5-3-2-4-6-15)9-18-16-11-24-12-17(16)22-8-7-19-21-22/h2-8,10,16-18H,9,11-12H2,1H3/t16-,17+/m0/s1. The predicted molar refractivity (Wildman–Crippen MR) is 88.8 cm³/mol. The van der Waals surface area contributed by atoms with E-state index in [1.807, 2.05) is 40.7 Å². The van der Waals surface area contributed by atoms with Gasteiger partial charge in [-0.15, -0.1) is 5.10 Å². The Kier molecular flexibility index (Phi) is 4.10. The van der Waals surface area contributed by atoms with Crippen molar-refractivity contribution in [3.05, 3.63) is 60.2 Å². The minimum absolute atomic E-state index is 0.178. The Morgan fingerprint density at radius 3 is 2.92 bits per heavy atom. The molecule has 1 aromatic carbocycles. The maximum Gasteiger partial charge on any atom is 0.0945 e. The van der Waals surface area contributed by atoms with Crippen LogP contribution in [0.5, 0.6) is 0 Å². The summed E-state index contributed by atoms with van der Waals surface area (Å²) in [5, 5.41) is 16.2. The van der Waals surface area contributed by atoms with E-state index in [2.05, 4.69) is 39.1 Å². The van der Waals surface area contributed by atoms with Crippen LogP contribution in [0.25, 0.3) is 5.69 Å². The summed E-state index contributed by atoms with van der Waals surface area (Å²) in [6.07, 6.45) is 5.66. The van der Waals surface area contributed by atoms with Crippen molar-refractivity contribution in [2.24, 2.45) is 0 Å². The van der Waals surface area contributed by atoms with Crippen molar-refractivity contribution in [2.75, 3.05) is 13.2 Å². The fourth-order valence-corrected chi connectivity index (χ4v) is 3.02. The Bertz CT molecular complexity index is 783. The van der Waals surface area contributed by atoms with Crippen molar-refractivity contribution in [1.82, 2.24) is 30.1 Å². The van der Waals surface area contributed by atoms with Crippen molar-refractivity contribution in [3.8, 4) is 5.69 Å². The lowest BCUT2D eigenvalue weighted by Crippen LogP contribution is -2.36. The third kappa shape index (κ3) is 2.95. The average molecular weight is 324 g/mol. The zero-order valence-corrected chi connectivity index (χ0v) is 13.5. The highest BCUT2D eigenvalue weighted by atomic mass is 16.5. The number of ether oxygens (including phenoxy) is 1. The predicted octanol–water partition coefficient (Wildman–Crippen LogP) is 1.50. The summed E-state index contributed by atoms with van der Waals surface area (Å²) in [6.45, 7) is 4.12. The summed E-state index contributed by atoms with van der Waals surface area (Å²) >= 11 is 0. The molecule has 2 atom stereocenters. The summed E-state index contributed by atoms with van der Waals surface area (Å²) in [7, 11) is 0. The first-order valence-electron chi connectivity index (χ1n) is 8.09. The second-order valence-electron chi connectivity index (χ2n) is 6.00. The number of rotatable bonds is 5. The molecular formula is C17H20N6O. The van der Waals surface area contributed by atoms with Gasteiger partial charge in [-0.2, -0.15) is 5.10 Å². The minimum Gasteiger partial charge on any atom is -0.377 e. The molecule has 1 saturated heterocycles. The van der Waals surface area contributed by atoms with Crippen LogP contribution < -0.4 is 5.32 Å². The zero-order chi connectivity index (χ0) is 16.4. The van der Waals surface area contributed by atoms with Gasteiger partial charge in [-0.1, -0.05) is 23.4 Å². The van der Waals surface area contributed by atoms with Crippen LogP contribution in [-0.2, 0) is 11.3 Å². The molecule has 4 rings (SSSR count). The van der Waals surface area contributed by atoms with Crippen molar-refractivity contribution in [3.63, 3.8) is 0 Å². The van der Waals surface area contributed by atoms with Crippen molar-refractivity contribution in [2.45, 2.75) is 25.6 Å². The van der Waals surface area contributed by atoms with Crippen molar-refractivity contribution in [1.29, 1.82) is 0 Å². The Morgan fingerprint density at radius 2 is 2.12 bits per heavy atom. The highest BCUT2D eigenvalue weighted by Gasteiger charge is 2.30. The number of para-hydroxylation sites is 1. The number of aromatic nitrogens is 5. The lowest BCUT2D eigenvalue weighted by molar-refractivity contribution is 0.181. The van der Waals surface area contributed by atoms with E-state index in [-0.39, 0.29) is 12.1 Å². The van der Waals surface area contributed by atoms with Crippen LogP contribution in [0.1, 0.15) is 17.3 Å². The Labute approximate surface area is 140 Å². The number of benzene rings is 1. The van der Waals surface area contributed by atoms with Crippen LogP contribution >= 0.6 is 0 Å². The van der Waals surface area contributed by atoms with Crippen LogP contribution in [0.2, 0.25) is 0 Å². The Balaban J connectivity index is 1.45. The van der Waals surface area contributed by atoms with Gasteiger partial charge in [0.15, 0.2) is 0 Å². The number of aryl methyl sites for hydroxylation is 1. The molecule has 1 aliphatic heterocycles. The first-order valence-corrected chi connectivity index (χ1v) is 8.09. The smallest absolute Gasteiger partial charge is 0.0945 e. The summed E-state index contributed by atoms with van der Waals surface area (Å²) in [5.74, 6) is 0. The maximum atomic E-state index is 5.61. The van der Waals surface area contributed by atoms with Crippen LogP contribution in [0.4, 0.5) is 0 Å². The molecule has 0 unspecified atom stereocenters. The summed E-state index contributed by atoms with van der Waals surface area (Å²) < 4.78 is 9.40. The highest BCUT2D eigenvalue weighted by molar-refractivity contribution is 5.32. The van der Waals surface area contributed by atoms with E-state index in [1.165, 1.54) is 5.56 Å². The molecule has 7 heteroatoms. The second kappa shape index (κ2) is 6.54. The first-order chi connectivity index (χ1) is 11.8. The molecule has 0 aliphatic carbocycles. The largest absolute Gasteiger partial charge is 0.377 e. The quantitative estimate of drug-likeness (QED) is 0.770. The van der Waals surface area contributed by atoms with E-state index in [1.54, 1.807) is 6.20 Å². The fourth-order valence-electron chi connectivity index (χ4n) is 3.02. The zero-order valence-electron chi connectivity index (χ0n) is 13.5. The molecule has 3 aromatic rings. The van der Waals surface area contributed by atoms with Crippen LogP contribution in [0.15, 0.2) is 48.9 Å². The molecule has 0 saturated carbocycles. The minimum atomic E-state index is 0.178. The third-order valence-corrected chi connectivity index (χ3v) is 4.41. The van der Waals surface area contributed by atoms with Gasteiger partial charge in [0.2, 0.25) is 0 Å². The summed E-state index contributed by atoms with van der Waals surface area (Å²) in [5.41, 5.74) is 3.28. The average Bonchev–Trinajstić information content (AvgIpc) is 3.34. The van der Waals surface area contributed by atoms with Gasteiger partial charge < -0.3 is 10.1 Å². The molecule has 1 N–H and O–H groups in total. The summed E-state index contributed by atoms with van der Waals surface area (Å²) in [4.78, 5) is 0. The molecule has 2 aromatic heterocycles. The van der Waals surface area contributed by atoms with Gasteiger partial charge in [-0.25, -0.2) is 9.36 Å². The second-order valence-corrected chi connectivity index (χ2v) is 6.00. The molecule has 0 spiro atoms. The SMILES string of the molecule is Cc1nn(-c2ccccc2)cc1CN[C@H]1COC[C@H]1n1ccnn1. The molecule has 1 fully saturated rings. The van der Waals surface area contributed by atoms with Gasteiger partial charge in [0.05, 0.1) is 42.9 Å². The molecule has 24 heavy (non-hydrogen) atoms. The molecule has 124 valence electrons. The number of nitrogens with zero attached hydrogens (tertiary/aromatic N) is 5. The van der Waals surface area contributed by atoms with E-state index in [0.717, 1.165) is 17.9 Å². The molecule has 0 radical (unpaired) electrons. The maximum absolute atomic E-state index is 5.61. The van der Waals surface area contributed by atoms with Crippen molar-refractivity contribution >= 4 is 0 Å². The number of hydrogen-bond donors (Lipinski definition) is 1. The van der Waals surface area contributed by atoms with E-state index in [4.69, 9.17) is 4.74 Å². The molecule has 7 nitrogen and oxygen atoms in total. The molecule has 0 bridgehead atoms. The van der Waals surface area contributed by atoms with Gasteiger partial charge >= 0.3 is 0 Å². The molecule has 0 amide bonds. The lowest BCUT2D eigenvalue weighted by atomic mass is 10.1. The van der Waals surface area contributed by atoms with Gasteiger partial charge in [0, 0.05) is 24.5 Å². The van der Waals surface area contributed by atoms with E-state index < -0.39 is 0 Å². The van der Waals surface area contributed by atoms with Crippen LogP contribution in [0, 0.1) is 6.92 Å². The van der Waals surface area contributed by atoms with Gasteiger partial charge in [-0.05, 0) is 19.1 Å².